The Hall–Kier alpha value is -3.56. The average Bonchev–Trinajstić information content (AvgIpc) is 3.98. The maximum atomic E-state index is 4.97. The Morgan fingerprint density at radius 1 is 0.500 bits per heavy atom. The van der Waals surface area contributed by atoms with Crippen LogP contribution in [0.3, 0.4) is 0 Å². The summed E-state index contributed by atoms with van der Waals surface area (Å²) in [6.45, 7) is 4.39. The van der Waals surface area contributed by atoms with Crippen molar-refractivity contribution in [2.24, 2.45) is 0 Å². The van der Waals surface area contributed by atoms with Gasteiger partial charge >= 0.3 is 0 Å². The van der Waals surface area contributed by atoms with E-state index >= 15 is 0 Å². The molecule has 0 fully saturated rings. The number of pyridine rings is 2. The number of fused-ring (bicyclic) bond motifs is 2. The van der Waals surface area contributed by atoms with E-state index < -0.39 is 0 Å². The first-order chi connectivity index (χ1) is 24.6. The van der Waals surface area contributed by atoms with E-state index in [0.29, 0.717) is 0 Å². The van der Waals surface area contributed by atoms with Crippen LogP contribution in [-0.2, 0) is 6.42 Å². The van der Waals surface area contributed by atoms with Gasteiger partial charge in [-0.3, -0.25) is 9.97 Å². The summed E-state index contributed by atoms with van der Waals surface area (Å²) in [5.41, 5.74) is 5.79. The normalized spacial score (nSPS) is 11.8. The smallest absolute Gasteiger partial charge is 0.133 e. The summed E-state index contributed by atoms with van der Waals surface area (Å²) in [6, 6.07) is 22.0. The van der Waals surface area contributed by atoms with Crippen molar-refractivity contribution in [2.45, 2.75) is 46.0 Å². The van der Waals surface area contributed by atoms with E-state index in [1.165, 1.54) is 87.8 Å². The van der Waals surface area contributed by atoms with Gasteiger partial charge in [0.15, 0.2) is 0 Å². The first kappa shape index (κ1) is 32.4. The second-order valence-electron chi connectivity index (χ2n) is 11.9. The van der Waals surface area contributed by atoms with Crippen molar-refractivity contribution in [1.29, 1.82) is 0 Å². The van der Waals surface area contributed by atoms with Crippen LogP contribution in [0.2, 0.25) is 0 Å². The van der Waals surface area contributed by atoms with Gasteiger partial charge in [-0.2, -0.15) is 0 Å². The highest BCUT2D eigenvalue weighted by molar-refractivity contribution is 7.28. The maximum Gasteiger partial charge on any atom is 0.133 e. The summed E-state index contributed by atoms with van der Waals surface area (Å²) in [6.07, 6.45) is 10.3. The zero-order valence-electron chi connectivity index (χ0n) is 27.0. The van der Waals surface area contributed by atoms with Crippen LogP contribution in [0, 0.1) is 6.92 Å². The first-order valence-corrected chi connectivity index (χ1v) is 21.9. The Morgan fingerprint density at radius 2 is 1.00 bits per heavy atom. The first-order valence-electron chi connectivity index (χ1n) is 16.3. The van der Waals surface area contributed by atoms with E-state index in [-0.39, 0.29) is 0 Å². The van der Waals surface area contributed by atoms with Gasteiger partial charge in [0.05, 0.1) is 19.2 Å². The third-order valence-corrected chi connectivity index (χ3v) is 15.9. The second-order valence-corrected chi connectivity index (χ2v) is 19.1. The third kappa shape index (κ3) is 6.08. The highest BCUT2D eigenvalue weighted by Crippen LogP contribution is 2.46. The molecule has 0 aliphatic carbocycles. The van der Waals surface area contributed by atoms with Crippen molar-refractivity contribution in [3.63, 3.8) is 0 Å². The van der Waals surface area contributed by atoms with Crippen molar-refractivity contribution in [2.75, 3.05) is 0 Å². The number of unbranched alkanes of at least 4 members (excludes halogenated alkanes) is 3. The van der Waals surface area contributed by atoms with Crippen LogP contribution in [0.25, 0.3) is 82.0 Å². The maximum absolute atomic E-state index is 4.97. The van der Waals surface area contributed by atoms with Crippen molar-refractivity contribution < 1.29 is 0 Å². The molecule has 0 spiro atoms. The fraction of sp³-hybridized carbons (Fsp3) is 0.189. The van der Waals surface area contributed by atoms with Gasteiger partial charge in [-0.1, -0.05) is 35.2 Å². The number of aryl methyl sites for hydroxylation is 2. The van der Waals surface area contributed by atoms with E-state index in [0.717, 1.165) is 59.1 Å². The lowest BCUT2D eigenvalue weighted by atomic mass is 10.1. The summed E-state index contributed by atoms with van der Waals surface area (Å²) >= 11 is 11.9. The molecule has 0 aliphatic heterocycles. The van der Waals surface area contributed by atoms with Crippen LogP contribution in [0.4, 0.5) is 0 Å². The van der Waals surface area contributed by atoms with E-state index in [9.17, 15) is 0 Å². The molecule has 0 aliphatic rings. The van der Waals surface area contributed by atoms with E-state index in [1.807, 2.05) is 35.1 Å². The zero-order valence-corrected chi connectivity index (χ0v) is 32.7. The predicted molar refractivity (Wildman–Crippen MR) is 219 cm³/mol. The highest BCUT2D eigenvalue weighted by atomic mass is 32.1. The Labute approximate surface area is 317 Å². The second kappa shape index (κ2) is 13.9. The summed E-state index contributed by atoms with van der Waals surface area (Å²) in [5, 5.41) is 9.06. The molecule has 9 aromatic rings. The molecule has 9 aromatic heterocycles. The molecule has 6 nitrogen and oxygen atoms in total. The largest absolute Gasteiger partial charge is 0.252 e. The standard InChI is InChI=1S/C37H28N6S7/c1-3-4-5-6-7-21-9-11-25(45-21)23-19-39-33(35-37(23)50-43-41-35)31-17-15-29(48-31)27-13-12-26(46-27)28-14-16-30(47-28)32-34-36(49-42-40-34)22(18-38-32)24-10-8-20(2)44-24/h8-19H,3-7H2,1-2H3. The lowest BCUT2D eigenvalue weighted by molar-refractivity contribution is 0.670. The number of hydrogen-bond acceptors (Lipinski definition) is 13. The molecule has 0 bridgehead atoms. The molecule has 0 unspecified atom stereocenters. The van der Waals surface area contributed by atoms with E-state index in [2.05, 4.69) is 93.7 Å². The van der Waals surface area contributed by atoms with Crippen molar-refractivity contribution in [1.82, 2.24) is 29.1 Å². The van der Waals surface area contributed by atoms with Gasteiger partial charge in [-0.25, -0.2) is 0 Å². The molecule has 0 atom stereocenters. The van der Waals surface area contributed by atoms with Crippen LogP contribution in [0.5, 0.6) is 0 Å². The highest BCUT2D eigenvalue weighted by Gasteiger charge is 2.20. The predicted octanol–water partition coefficient (Wildman–Crippen LogP) is 13.2. The number of rotatable bonds is 11. The van der Waals surface area contributed by atoms with Gasteiger partial charge in [-0.05, 0) is 103 Å². The van der Waals surface area contributed by atoms with Crippen molar-refractivity contribution >= 4 is 100 Å². The zero-order chi connectivity index (χ0) is 33.6. The average molecular weight is 781 g/mol. The van der Waals surface area contributed by atoms with Crippen LogP contribution < -0.4 is 0 Å². The molecule has 50 heavy (non-hydrogen) atoms. The van der Waals surface area contributed by atoms with Gasteiger partial charge in [0.1, 0.15) is 22.4 Å². The summed E-state index contributed by atoms with van der Waals surface area (Å²) in [7, 11) is 0. The summed E-state index contributed by atoms with van der Waals surface area (Å²) in [5.74, 6) is 0. The molecule has 9 rings (SSSR count). The molecule has 13 heteroatoms. The fourth-order valence-electron chi connectivity index (χ4n) is 6.01. The topological polar surface area (TPSA) is 77.3 Å². The van der Waals surface area contributed by atoms with E-state index in [4.69, 9.17) is 9.97 Å². The lowest BCUT2D eigenvalue weighted by Crippen LogP contribution is -1.85. The van der Waals surface area contributed by atoms with Crippen LogP contribution >= 0.6 is 79.7 Å². The fourth-order valence-corrected chi connectivity index (χ4v) is 12.7. The van der Waals surface area contributed by atoms with Gasteiger partial charge in [-0.15, -0.1) is 66.9 Å². The van der Waals surface area contributed by atoms with Crippen molar-refractivity contribution in [3.8, 4) is 61.5 Å². The molecule has 0 saturated carbocycles. The Kier molecular flexibility index (Phi) is 8.97. The summed E-state index contributed by atoms with van der Waals surface area (Å²) < 4.78 is 10.9. The number of aromatic nitrogens is 6. The Bertz CT molecular complexity index is 2590. The van der Waals surface area contributed by atoms with Crippen LogP contribution in [0.1, 0.15) is 42.4 Å². The molecular formula is C37H28N6S7. The minimum atomic E-state index is 0.869. The van der Waals surface area contributed by atoms with E-state index in [1.54, 1.807) is 34.0 Å². The summed E-state index contributed by atoms with van der Waals surface area (Å²) in [4.78, 5) is 22.1. The van der Waals surface area contributed by atoms with Crippen molar-refractivity contribution in [3.05, 3.63) is 82.8 Å². The monoisotopic (exact) mass is 780 g/mol. The van der Waals surface area contributed by atoms with Gasteiger partial charge in [0.25, 0.3) is 0 Å². The Balaban J connectivity index is 0.956. The SMILES string of the molecule is CCCCCCc1ccc(-c2cnc(-c3ccc(-c4ccc(-c5ccc(-c6ncc(-c7ccc(C)s7)c7snnc67)s5)s4)s3)c3nnsc23)s1. The minimum absolute atomic E-state index is 0.869. The van der Waals surface area contributed by atoms with Gasteiger partial charge in [0.2, 0.25) is 0 Å². The molecule has 0 aromatic carbocycles. The lowest BCUT2D eigenvalue weighted by Gasteiger charge is -2.03. The quantitative estimate of drug-likeness (QED) is 0.122. The Morgan fingerprint density at radius 3 is 1.54 bits per heavy atom. The molecule has 0 amide bonds. The molecule has 248 valence electrons. The third-order valence-electron chi connectivity index (χ3n) is 8.54. The number of thiophene rings is 5. The van der Waals surface area contributed by atoms with Gasteiger partial charge < -0.3 is 0 Å². The molecule has 9 heterocycles. The molecule has 0 radical (unpaired) electrons. The van der Waals surface area contributed by atoms with Crippen LogP contribution in [-0.4, -0.2) is 29.1 Å². The number of nitrogens with zero attached hydrogens (tertiary/aromatic N) is 6. The molecule has 0 saturated heterocycles. The minimum Gasteiger partial charge on any atom is -0.252 e. The molecule has 0 N–H and O–H groups in total. The van der Waals surface area contributed by atoms with Crippen LogP contribution in [0.15, 0.2) is 73.1 Å². The number of hydrogen-bond donors (Lipinski definition) is 0. The molecular weight excluding hydrogens is 753 g/mol. The van der Waals surface area contributed by atoms with Gasteiger partial charge in [0, 0.05) is 62.5 Å².